The van der Waals surface area contributed by atoms with E-state index in [1.54, 1.807) is 6.07 Å². The molecule has 0 aliphatic heterocycles. The fraction of sp³-hybridized carbons (Fsp3) is 0.444. The molecule has 0 saturated carbocycles. The van der Waals surface area contributed by atoms with Gasteiger partial charge in [0.1, 0.15) is 17.5 Å². The quantitative estimate of drug-likeness (QED) is 0.512. The molecule has 0 saturated heterocycles. The van der Waals surface area contributed by atoms with E-state index in [-0.39, 0.29) is 0 Å². The average molecular weight is 224 g/mol. The lowest BCUT2D eigenvalue weighted by atomic mass is 10.4. The molecule has 0 fully saturated rings. The fourth-order valence-electron chi connectivity index (χ4n) is 1.14. The summed E-state index contributed by atoms with van der Waals surface area (Å²) < 4.78 is 0. The topological polar surface area (TPSA) is 119 Å². The Kier molecular flexibility index (Phi) is 4.31. The summed E-state index contributed by atoms with van der Waals surface area (Å²) in [7, 11) is 0. The highest BCUT2D eigenvalue weighted by Crippen LogP contribution is 2.07. The van der Waals surface area contributed by atoms with Gasteiger partial charge in [-0.2, -0.15) is 0 Å². The van der Waals surface area contributed by atoms with Gasteiger partial charge in [0.2, 0.25) is 0 Å². The molecule has 1 aromatic rings. The molecule has 0 atom stereocenters. The molecule has 1 heterocycles. The van der Waals surface area contributed by atoms with E-state index < -0.39 is 6.03 Å². The van der Waals surface area contributed by atoms with Crippen molar-refractivity contribution in [3.05, 3.63) is 11.9 Å². The first-order valence-corrected chi connectivity index (χ1v) is 5.02. The van der Waals surface area contributed by atoms with Crippen LogP contribution in [0.4, 0.5) is 16.4 Å². The van der Waals surface area contributed by atoms with Crippen LogP contribution in [-0.4, -0.2) is 29.1 Å². The molecule has 0 aliphatic carbocycles. The first kappa shape index (κ1) is 12.0. The summed E-state index contributed by atoms with van der Waals surface area (Å²) in [5, 5.41) is 5.47. The standard InChI is InChI=1S/C9H16N6O/c1-2-7-14-6(10)5-8(15-7)12-3-4-13-9(11)16/h5H,2-4H2,1H3,(H3,11,13,16)(H3,10,12,14,15). The Morgan fingerprint density at radius 2 is 2.19 bits per heavy atom. The molecule has 0 unspecified atom stereocenters. The molecule has 2 amide bonds. The number of hydrogen-bond donors (Lipinski definition) is 4. The van der Waals surface area contributed by atoms with Crippen LogP contribution in [-0.2, 0) is 6.42 Å². The number of anilines is 2. The Hall–Kier alpha value is -2.05. The van der Waals surface area contributed by atoms with Crippen molar-refractivity contribution in [3.63, 3.8) is 0 Å². The first-order chi connectivity index (χ1) is 7.61. The fourth-order valence-corrected chi connectivity index (χ4v) is 1.14. The minimum Gasteiger partial charge on any atom is -0.384 e. The number of aromatic nitrogens is 2. The summed E-state index contributed by atoms with van der Waals surface area (Å²) in [4.78, 5) is 18.7. The molecule has 7 nitrogen and oxygen atoms in total. The molecule has 88 valence electrons. The van der Waals surface area contributed by atoms with E-state index in [0.717, 1.165) is 6.42 Å². The maximum absolute atomic E-state index is 10.4. The number of primary amides is 1. The Morgan fingerprint density at radius 3 is 2.81 bits per heavy atom. The van der Waals surface area contributed by atoms with Gasteiger partial charge in [0.15, 0.2) is 0 Å². The zero-order valence-electron chi connectivity index (χ0n) is 9.16. The molecule has 0 aliphatic rings. The van der Waals surface area contributed by atoms with Gasteiger partial charge in [0.25, 0.3) is 0 Å². The Balaban J connectivity index is 2.47. The number of aryl methyl sites for hydroxylation is 1. The van der Waals surface area contributed by atoms with Gasteiger partial charge in [-0.25, -0.2) is 14.8 Å². The van der Waals surface area contributed by atoms with Gasteiger partial charge >= 0.3 is 6.03 Å². The Morgan fingerprint density at radius 1 is 1.44 bits per heavy atom. The van der Waals surface area contributed by atoms with Crippen LogP contribution in [0.1, 0.15) is 12.7 Å². The minimum absolute atomic E-state index is 0.428. The zero-order chi connectivity index (χ0) is 12.0. The Labute approximate surface area is 93.6 Å². The molecule has 1 rings (SSSR count). The highest BCUT2D eigenvalue weighted by Gasteiger charge is 2.00. The van der Waals surface area contributed by atoms with Crippen LogP contribution in [0.3, 0.4) is 0 Å². The molecular weight excluding hydrogens is 208 g/mol. The maximum Gasteiger partial charge on any atom is 0.312 e. The summed E-state index contributed by atoms with van der Waals surface area (Å²) in [6.45, 7) is 2.91. The van der Waals surface area contributed by atoms with E-state index in [0.29, 0.717) is 30.5 Å². The number of carbonyl (C=O) groups is 1. The van der Waals surface area contributed by atoms with Crippen molar-refractivity contribution in [2.24, 2.45) is 5.73 Å². The number of nitrogens with one attached hydrogen (secondary N) is 2. The summed E-state index contributed by atoms with van der Waals surface area (Å²) in [6, 6.07) is 1.10. The monoisotopic (exact) mass is 224 g/mol. The number of nitrogen functional groups attached to an aromatic ring is 1. The van der Waals surface area contributed by atoms with Crippen LogP contribution in [0.15, 0.2) is 6.07 Å². The number of hydrogen-bond acceptors (Lipinski definition) is 5. The van der Waals surface area contributed by atoms with Gasteiger partial charge in [0.05, 0.1) is 0 Å². The molecule has 0 radical (unpaired) electrons. The lowest BCUT2D eigenvalue weighted by Gasteiger charge is -2.07. The van der Waals surface area contributed by atoms with Gasteiger partial charge in [-0.3, -0.25) is 0 Å². The highest BCUT2D eigenvalue weighted by atomic mass is 16.2. The third-order valence-electron chi connectivity index (χ3n) is 1.84. The molecule has 7 heteroatoms. The van der Waals surface area contributed by atoms with Gasteiger partial charge < -0.3 is 22.1 Å². The van der Waals surface area contributed by atoms with Crippen molar-refractivity contribution in [2.45, 2.75) is 13.3 Å². The Bertz CT molecular complexity index is 367. The van der Waals surface area contributed by atoms with Crippen molar-refractivity contribution in [1.29, 1.82) is 0 Å². The van der Waals surface area contributed by atoms with Crippen LogP contribution in [0.2, 0.25) is 0 Å². The summed E-state index contributed by atoms with van der Waals surface area (Å²) in [6.07, 6.45) is 0.721. The number of amides is 2. The number of rotatable bonds is 5. The smallest absolute Gasteiger partial charge is 0.312 e. The van der Waals surface area contributed by atoms with E-state index >= 15 is 0 Å². The second-order valence-electron chi connectivity index (χ2n) is 3.17. The third-order valence-corrected chi connectivity index (χ3v) is 1.84. The highest BCUT2D eigenvalue weighted by molar-refractivity contribution is 5.71. The lowest BCUT2D eigenvalue weighted by molar-refractivity contribution is 0.249. The summed E-state index contributed by atoms with van der Waals surface area (Å²) >= 11 is 0. The van der Waals surface area contributed by atoms with E-state index in [4.69, 9.17) is 11.5 Å². The van der Waals surface area contributed by atoms with Crippen molar-refractivity contribution >= 4 is 17.7 Å². The van der Waals surface area contributed by atoms with Crippen LogP contribution in [0.5, 0.6) is 0 Å². The number of carbonyl (C=O) groups excluding carboxylic acids is 1. The van der Waals surface area contributed by atoms with Crippen LogP contribution in [0.25, 0.3) is 0 Å². The molecule has 16 heavy (non-hydrogen) atoms. The van der Waals surface area contributed by atoms with Crippen molar-refractivity contribution in [3.8, 4) is 0 Å². The summed E-state index contributed by atoms with van der Waals surface area (Å²) in [5.74, 6) is 1.76. The number of urea groups is 1. The van der Waals surface area contributed by atoms with E-state index in [1.807, 2.05) is 6.92 Å². The van der Waals surface area contributed by atoms with Gasteiger partial charge in [-0.1, -0.05) is 6.92 Å². The van der Waals surface area contributed by atoms with Gasteiger partial charge in [-0.05, 0) is 0 Å². The second kappa shape index (κ2) is 5.74. The van der Waals surface area contributed by atoms with Crippen LogP contribution < -0.4 is 22.1 Å². The molecular formula is C9H16N6O. The van der Waals surface area contributed by atoms with Gasteiger partial charge in [-0.15, -0.1) is 0 Å². The predicted octanol–water partition coefficient (Wildman–Crippen LogP) is -0.299. The number of nitrogens with two attached hydrogens (primary N) is 2. The maximum atomic E-state index is 10.4. The molecule has 0 spiro atoms. The third kappa shape index (κ3) is 3.99. The predicted molar refractivity (Wildman–Crippen MR) is 61.9 cm³/mol. The van der Waals surface area contributed by atoms with Crippen molar-refractivity contribution in [1.82, 2.24) is 15.3 Å². The SMILES string of the molecule is CCc1nc(N)cc(NCCNC(N)=O)n1. The van der Waals surface area contributed by atoms with Crippen LogP contribution in [0, 0.1) is 0 Å². The van der Waals surface area contributed by atoms with Crippen LogP contribution >= 0.6 is 0 Å². The second-order valence-corrected chi connectivity index (χ2v) is 3.17. The molecule has 1 aromatic heterocycles. The normalized spacial score (nSPS) is 9.81. The number of nitrogens with zero attached hydrogens (tertiary/aromatic N) is 2. The minimum atomic E-state index is -0.543. The summed E-state index contributed by atoms with van der Waals surface area (Å²) in [5.41, 5.74) is 10.5. The van der Waals surface area contributed by atoms with E-state index in [9.17, 15) is 4.79 Å². The first-order valence-electron chi connectivity index (χ1n) is 5.02. The zero-order valence-corrected chi connectivity index (χ0v) is 9.16. The molecule has 6 N–H and O–H groups in total. The largest absolute Gasteiger partial charge is 0.384 e. The van der Waals surface area contributed by atoms with Crippen molar-refractivity contribution < 1.29 is 4.79 Å². The van der Waals surface area contributed by atoms with Gasteiger partial charge in [0, 0.05) is 25.6 Å². The molecule has 0 bridgehead atoms. The van der Waals surface area contributed by atoms with E-state index in [1.165, 1.54) is 0 Å². The van der Waals surface area contributed by atoms with E-state index in [2.05, 4.69) is 20.6 Å². The lowest BCUT2D eigenvalue weighted by Crippen LogP contribution is -2.33. The van der Waals surface area contributed by atoms with Crippen molar-refractivity contribution in [2.75, 3.05) is 24.1 Å². The average Bonchev–Trinajstić information content (AvgIpc) is 2.23. The molecule has 0 aromatic carbocycles.